The monoisotopic (exact) mass is 547 g/mol. The maximum atomic E-state index is 13.3. The van der Waals surface area contributed by atoms with E-state index in [4.69, 9.17) is 11.6 Å². The molecule has 0 spiro atoms. The second-order valence-electron chi connectivity index (χ2n) is 13.9. The summed E-state index contributed by atoms with van der Waals surface area (Å²) in [6.07, 6.45) is 8.09. The van der Waals surface area contributed by atoms with Crippen LogP contribution in [-0.2, 0) is 9.59 Å². The molecule has 0 aromatic carbocycles. The van der Waals surface area contributed by atoms with E-state index in [2.05, 4.69) is 39.9 Å². The zero-order valence-corrected chi connectivity index (χ0v) is 24.8. The number of Topliss-reactive ketones (excluding diaryl/α,β-unsaturated/α-hetero) is 1. The van der Waals surface area contributed by atoms with Crippen LogP contribution < -0.4 is 5.32 Å². The Balaban J connectivity index is 1.28. The van der Waals surface area contributed by atoms with Gasteiger partial charge in [-0.2, -0.15) is 0 Å². The molecule has 10 atom stereocenters. The number of carbonyl (C=O) groups is 2. The summed E-state index contributed by atoms with van der Waals surface area (Å²) in [6, 6.07) is 3.94. The fourth-order valence-corrected chi connectivity index (χ4v) is 11.0. The number of thiophene rings is 1. The Labute approximate surface area is 232 Å². The van der Waals surface area contributed by atoms with Gasteiger partial charge in [-0.3, -0.25) is 9.59 Å². The van der Waals surface area contributed by atoms with E-state index in [1.165, 1.54) is 6.42 Å². The van der Waals surface area contributed by atoms with Crippen molar-refractivity contribution in [2.24, 2.45) is 52.3 Å². The first-order chi connectivity index (χ1) is 17.4. The van der Waals surface area contributed by atoms with E-state index in [9.17, 15) is 14.7 Å². The van der Waals surface area contributed by atoms with Gasteiger partial charge in [-0.25, -0.2) is 0 Å². The van der Waals surface area contributed by atoms with Gasteiger partial charge in [-0.15, -0.1) is 11.3 Å². The number of halogens is 1. The van der Waals surface area contributed by atoms with E-state index in [0.717, 1.165) is 47.7 Å². The number of hydrogen-bond donors (Lipinski definition) is 2. The quantitative estimate of drug-likeness (QED) is 0.389. The van der Waals surface area contributed by atoms with Crippen molar-refractivity contribution >= 4 is 34.6 Å². The van der Waals surface area contributed by atoms with Gasteiger partial charge in [0.25, 0.3) is 0 Å². The van der Waals surface area contributed by atoms with E-state index in [0.29, 0.717) is 60.1 Å². The molecule has 4 saturated carbocycles. The third-order valence-electron chi connectivity index (χ3n) is 11.7. The molecular formula is C31H46ClNO3S. The summed E-state index contributed by atoms with van der Waals surface area (Å²) < 4.78 is 0.758. The van der Waals surface area contributed by atoms with Gasteiger partial charge in [0.2, 0.25) is 5.91 Å². The summed E-state index contributed by atoms with van der Waals surface area (Å²) in [6.45, 7) is 11.5. The van der Waals surface area contributed by atoms with Crippen molar-refractivity contribution in [1.29, 1.82) is 0 Å². The molecule has 2 N–H and O–H groups in total. The number of fused-ring (bicyclic) bond motifs is 5. The second kappa shape index (κ2) is 10.2. The van der Waals surface area contributed by atoms with Crippen molar-refractivity contribution in [3.05, 3.63) is 21.3 Å². The minimum atomic E-state index is -0.291. The van der Waals surface area contributed by atoms with Crippen LogP contribution in [0.2, 0.25) is 4.34 Å². The van der Waals surface area contributed by atoms with Crippen LogP contribution in [0.1, 0.15) is 103 Å². The van der Waals surface area contributed by atoms with Crippen LogP contribution in [0.25, 0.3) is 0 Å². The molecule has 0 bridgehead atoms. The van der Waals surface area contributed by atoms with Crippen LogP contribution in [0, 0.1) is 52.3 Å². The average molecular weight is 548 g/mol. The number of nitrogens with one attached hydrogen (secondary N) is 1. The third kappa shape index (κ3) is 4.84. The maximum Gasteiger partial charge on any atom is 0.220 e. The van der Waals surface area contributed by atoms with Crippen LogP contribution >= 0.6 is 22.9 Å². The van der Waals surface area contributed by atoms with Crippen LogP contribution in [-0.4, -0.2) is 22.9 Å². The molecule has 4 fully saturated rings. The second-order valence-corrected chi connectivity index (χ2v) is 15.6. The first kappa shape index (κ1) is 27.6. The van der Waals surface area contributed by atoms with Gasteiger partial charge in [-0.1, -0.05) is 46.2 Å². The molecule has 0 aliphatic heterocycles. The molecule has 1 amide bonds. The zero-order valence-electron chi connectivity index (χ0n) is 23.3. The van der Waals surface area contributed by atoms with E-state index in [-0.39, 0.29) is 28.9 Å². The molecule has 1 aromatic rings. The third-order valence-corrected chi connectivity index (χ3v) is 13.0. The number of ketones is 1. The number of carbonyl (C=O) groups excluding carboxylic acids is 2. The van der Waals surface area contributed by atoms with Gasteiger partial charge in [0, 0.05) is 24.1 Å². The highest BCUT2D eigenvalue weighted by molar-refractivity contribution is 7.16. The SMILES string of the molecule is CC(C)C(NC(=O)C[C@@H](C)C1CC[C@H]2[C@@H]3[C@H](O)C[C@@H]4CC(=O)CC[C@]4(C)[C@H]3CC[C@]12C)c1ccc(Cl)s1. The van der Waals surface area contributed by atoms with E-state index in [1.54, 1.807) is 11.3 Å². The standard InChI is InChI=1S/C31H46ClNO3S/c1-17(2)29(25-8-9-26(32)37-25)33-27(36)14-18(3)21-6-7-22-28-23(11-13-31(21,22)5)30(4)12-10-20(34)15-19(30)16-24(28)35/h8-9,17-19,21-24,28-29,35H,6-7,10-16H2,1-5H3,(H,33,36)/t18-,19+,21?,22+,23+,24-,28+,29?,30+,31-/m1/s1. The number of aliphatic hydroxyl groups excluding tert-OH is 1. The van der Waals surface area contributed by atoms with Gasteiger partial charge < -0.3 is 10.4 Å². The molecule has 37 heavy (non-hydrogen) atoms. The molecule has 2 unspecified atom stereocenters. The van der Waals surface area contributed by atoms with Gasteiger partial charge in [0.1, 0.15) is 5.78 Å². The summed E-state index contributed by atoms with van der Waals surface area (Å²) >= 11 is 7.73. The minimum absolute atomic E-state index is 0.00648. The number of aliphatic hydroxyl groups is 1. The first-order valence-corrected chi connectivity index (χ1v) is 15.9. The molecule has 6 heteroatoms. The highest BCUT2D eigenvalue weighted by Gasteiger charge is 2.63. The lowest BCUT2D eigenvalue weighted by Gasteiger charge is -2.61. The van der Waals surface area contributed by atoms with Crippen LogP contribution in [0.3, 0.4) is 0 Å². The lowest BCUT2D eigenvalue weighted by Crippen LogP contribution is -2.58. The highest BCUT2D eigenvalue weighted by Crippen LogP contribution is 2.68. The Hall–Kier alpha value is -0.910. The van der Waals surface area contributed by atoms with Crippen molar-refractivity contribution in [1.82, 2.24) is 5.32 Å². The molecule has 206 valence electrons. The lowest BCUT2D eigenvalue weighted by molar-refractivity contribution is -0.169. The molecule has 5 rings (SSSR count). The van der Waals surface area contributed by atoms with Gasteiger partial charge in [0.15, 0.2) is 0 Å². The summed E-state index contributed by atoms with van der Waals surface area (Å²) in [5.41, 5.74) is 0.369. The maximum absolute atomic E-state index is 13.3. The molecule has 1 heterocycles. The van der Waals surface area contributed by atoms with Crippen molar-refractivity contribution < 1.29 is 14.7 Å². The Bertz CT molecular complexity index is 1020. The lowest BCUT2D eigenvalue weighted by atomic mass is 9.44. The summed E-state index contributed by atoms with van der Waals surface area (Å²) in [5, 5.41) is 14.8. The fourth-order valence-electron chi connectivity index (χ4n) is 9.72. The smallest absolute Gasteiger partial charge is 0.220 e. The molecular weight excluding hydrogens is 502 g/mol. The number of hydrogen-bond acceptors (Lipinski definition) is 4. The summed E-state index contributed by atoms with van der Waals surface area (Å²) in [7, 11) is 0. The van der Waals surface area contributed by atoms with Crippen LogP contribution in [0.15, 0.2) is 12.1 Å². The molecule has 4 aliphatic carbocycles. The van der Waals surface area contributed by atoms with E-state index < -0.39 is 0 Å². The molecule has 0 radical (unpaired) electrons. The minimum Gasteiger partial charge on any atom is -0.393 e. The van der Waals surface area contributed by atoms with Crippen LogP contribution in [0.5, 0.6) is 0 Å². The van der Waals surface area contributed by atoms with Gasteiger partial charge in [0.05, 0.1) is 16.5 Å². The van der Waals surface area contributed by atoms with E-state index >= 15 is 0 Å². The van der Waals surface area contributed by atoms with Gasteiger partial charge >= 0.3 is 0 Å². The van der Waals surface area contributed by atoms with E-state index in [1.807, 2.05) is 12.1 Å². The molecule has 4 aliphatic rings. The van der Waals surface area contributed by atoms with Crippen molar-refractivity contribution in [2.75, 3.05) is 0 Å². The molecule has 4 nitrogen and oxygen atoms in total. The topological polar surface area (TPSA) is 66.4 Å². The predicted molar refractivity (Wildman–Crippen MR) is 150 cm³/mol. The van der Waals surface area contributed by atoms with Crippen LogP contribution in [0.4, 0.5) is 0 Å². The predicted octanol–water partition coefficient (Wildman–Crippen LogP) is 7.44. The largest absolute Gasteiger partial charge is 0.393 e. The fraction of sp³-hybridized carbons (Fsp3) is 0.806. The molecule has 1 aromatic heterocycles. The molecule has 0 saturated heterocycles. The Kier molecular flexibility index (Phi) is 7.66. The van der Waals surface area contributed by atoms with Crippen molar-refractivity contribution in [2.45, 2.75) is 105 Å². The van der Waals surface area contributed by atoms with Gasteiger partial charge in [-0.05, 0) is 103 Å². The first-order valence-electron chi connectivity index (χ1n) is 14.7. The normalized spacial score (nSPS) is 41.0. The average Bonchev–Trinajstić information content (AvgIpc) is 3.41. The zero-order chi connectivity index (χ0) is 26.7. The summed E-state index contributed by atoms with van der Waals surface area (Å²) in [4.78, 5) is 26.6. The number of amides is 1. The Morgan fingerprint density at radius 3 is 2.54 bits per heavy atom. The Morgan fingerprint density at radius 2 is 1.86 bits per heavy atom. The summed E-state index contributed by atoms with van der Waals surface area (Å²) in [5.74, 6) is 3.37. The Morgan fingerprint density at radius 1 is 1.14 bits per heavy atom. The number of rotatable bonds is 6. The highest BCUT2D eigenvalue weighted by atomic mass is 35.5. The van der Waals surface area contributed by atoms with Crippen molar-refractivity contribution in [3.63, 3.8) is 0 Å². The van der Waals surface area contributed by atoms with Crippen molar-refractivity contribution in [3.8, 4) is 0 Å².